The van der Waals surface area contributed by atoms with Crippen molar-refractivity contribution in [1.82, 2.24) is 14.3 Å². The first kappa shape index (κ1) is 22.6. The highest BCUT2D eigenvalue weighted by atomic mass is 32.2. The van der Waals surface area contributed by atoms with Crippen molar-refractivity contribution in [2.24, 2.45) is 14.1 Å². The molecule has 7 nitrogen and oxygen atoms in total. The minimum atomic E-state index is -1.47. The van der Waals surface area contributed by atoms with Crippen molar-refractivity contribution in [3.05, 3.63) is 70.5 Å². The lowest BCUT2D eigenvalue weighted by atomic mass is 10.0. The summed E-state index contributed by atoms with van der Waals surface area (Å²) in [6.07, 6.45) is 2.99. The smallest absolute Gasteiger partial charge is 0.261 e. The summed E-state index contributed by atoms with van der Waals surface area (Å²) >= 11 is 0. The van der Waals surface area contributed by atoms with E-state index in [9.17, 15) is 17.8 Å². The molecule has 0 aliphatic heterocycles. The summed E-state index contributed by atoms with van der Waals surface area (Å²) in [6, 6.07) is 5.19. The van der Waals surface area contributed by atoms with Crippen LogP contribution in [0.25, 0.3) is 22.0 Å². The van der Waals surface area contributed by atoms with Crippen LogP contribution in [-0.4, -0.2) is 24.3 Å². The van der Waals surface area contributed by atoms with Crippen molar-refractivity contribution in [3.8, 4) is 22.6 Å². The summed E-state index contributed by atoms with van der Waals surface area (Å²) in [5, 5.41) is 4.61. The van der Waals surface area contributed by atoms with Gasteiger partial charge in [0.25, 0.3) is 5.56 Å². The van der Waals surface area contributed by atoms with Crippen molar-refractivity contribution in [2.75, 3.05) is 10.5 Å². The maximum atomic E-state index is 15.3. The molecule has 0 fully saturated rings. The summed E-state index contributed by atoms with van der Waals surface area (Å²) in [6.45, 7) is 1.69. The largest absolute Gasteiger partial charge is 0.451 e. The van der Waals surface area contributed by atoms with Crippen LogP contribution in [0.1, 0.15) is 6.92 Å². The van der Waals surface area contributed by atoms with E-state index >= 15 is 4.39 Å². The number of nitrogens with one attached hydrogen (secondary N) is 1. The Morgan fingerprint density at radius 3 is 2.52 bits per heavy atom. The molecular formula is C22H19F3N4O3S. The Hall–Kier alpha value is -3.60. The number of hydrogen-bond donors (Lipinski definition) is 1. The number of fused-ring (bicyclic) bond motifs is 1. The summed E-state index contributed by atoms with van der Waals surface area (Å²) in [4.78, 5) is 12.6. The minimum Gasteiger partial charge on any atom is -0.451 e. The number of aromatic nitrogens is 3. The molecule has 0 saturated carbocycles. The molecule has 4 rings (SSSR count). The Morgan fingerprint density at radius 2 is 1.82 bits per heavy atom. The molecule has 11 heteroatoms. The number of anilines is 1. The maximum absolute atomic E-state index is 15.3. The van der Waals surface area contributed by atoms with E-state index in [0.717, 1.165) is 18.2 Å². The summed E-state index contributed by atoms with van der Waals surface area (Å²) < 4.78 is 65.9. The van der Waals surface area contributed by atoms with Gasteiger partial charge < -0.3 is 14.0 Å². The van der Waals surface area contributed by atoms with E-state index in [4.69, 9.17) is 4.74 Å². The van der Waals surface area contributed by atoms with Crippen LogP contribution in [0.4, 0.5) is 18.9 Å². The number of hydrogen-bond acceptors (Lipinski definition) is 4. The summed E-state index contributed by atoms with van der Waals surface area (Å²) in [7, 11) is 1.70. The molecular weight excluding hydrogens is 457 g/mol. The van der Waals surface area contributed by atoms with Crippen LogP contribution in [-0.2, 0) is 25.1 Å². The van der Waals surface area contributed by atoms with Crippen molar-refractivity contribution < 1.29 is 22.1 Å². The van der Waals surface area contributed by atoms with Gasteiger partial charge in [-0.05, 0) is 18.2 Å². The molecule has 1 atom stereocenters. The van der Waals surface area contributed by atoms with E-state index in [1.807, 2.05) is 0 Å². The van der Waals surface area contributed by atoms with Crippen LogP contribution in [0, 0.1) is 17.5 Å². The lowest BCUT2D eigenvalue weighted by molar-refractivity contribution is 0.413. The lowest BCUT2D eigenvalue weighted by Gasteiger charge is -2.16. The molecule has 0 spiro atoms. The third kappa shape index (κ3) is 4.36. The molecule has 0 radical (unpaired) electrons. The van der Waals surface area contributed by atoms with Gasteiger partial charge in [-0.15, -0.1) is 0 Å². The van der Waals surface area contributed by atoms with Gasteiger partial charge in [-0.2, -0.15) is 5.10 Å². The summed E-state index contributed by atoms with van der Waals surface area (Å²) in [5.41, 5.74) is 0.616. The summed E-state index contributed by atoms with van der Waals surface area (Å²) in [5.74, 6) is -3.19. The first-order valence-electron chi connectivity index (χ1n) is 9.82. The van der Waals surface area contributed by atoms with E-state index in [1.54, 1.807) is 14.0 Å². The third-order valence-corrected chi connectivity index (χ3v) is 5.88. The number of rotatable bonds is 6. The van der Waals surface area contributed by atoms with E-state index in [1.165, 1.54) is 34.8 Å². The standard InChI is InChI=1S/C22H19F3N4O3S/c1-4-33(31)27-13-8-14(15-10-28(2)22(30)16-11-29(3)26-20(15)16)21(18(25)9-13)32-19-6-5-12(23)7-17(19)24/h5-11,27H,4H2,1-3H3. The number of nitrogens with zero attached hydrogens (tertiary/aromatic N) is 3. The van der Waals surface area contributed by atoms with Crippen molar-refractivity contribution in [1.29, 1.82) is 0 Å². The number of pyridine rings is 1. The fourth-order valence-electron chi connectivity index (χ4n) is 3.37. The van der Waals surface area contributed by atoms with E-state index in [2.05, 4.69) is 9.82 Å². The fourth-order valence-corrected chi connectivity index (χ4v) is 3.90. The predicted molar refractivity (Wildman–Crippen MR) is 120 cm³/mol. The second-order valence-corrected chi connectivity index (χ2v) is 8.74. The Bertz CT molecular complexity index is 1470. The van der Waals surface area contributed by atoms with E-state index in [0.29, 0.717) is 11.6 Å². The zero-order valence-corrected chi connectivity index (χ0v) is 18.7. The molecule has 0 amide bonds. The monoisotopic (exact) mass is 476 g/mol. The van der Waals surface area contributed by atoms with E-state index in [-0.39, 0.29) is 39.2 Å². The van der Waals surface area contributed by atoms with Gasteiger partial charge in [0.05, 0.1) is 11.1 Å². The van der Waals surface area contributed by atoms with Crippen LogP contribution >= 0.6 is 0 Å². The average Bonchev–Trinajstić information content (AvgIpc) is 3.15. The Morgan fingerprint density at radius 1 is 1.06 bits per heavy atom. The predicted octanol–water partition coefficient (Wildman–Crippen LogP) is 4.24. The second kappa shape index (κ2) is 8.74. The number of halogens is 3. The van der Waals surface area contributed by atoms with Gasteiger partial charge in [-0.25, -0.2) is 17.4 Å². The van der Waals surface area contributed by atoms with Crippen LogP contribution in [0.5, 0.6) is 11.5 Å². The zero-order valence-electron chi connectivity index (χ0n) is 17.9. The molecule has 2 heterocycles. The van der Waals surface area contributed by atoms with Gasteiger partial charge >= 0.3 is 0 Å². The van der Waals surface area contributed by atoms with Crippen LogP contribution in [0.15, 0.2) is 47.5 Å². The topological polar surface area (TPSA) is 78.1 Å². The maximum Gasteiger partial charge on any atom is 0.261 e. The van der Waals surface area contributed by atoms with Crippen LogP contribution in [0.2, 0.25) is 0 Å². The average molecular weight is 476 g/mol. The number of benzene rings is 2. The van der Waals surface area contributed by atoms with Crippen molar-refractivity contribution >= 4 is 27.6 Å². The minimum absolute atomic E-state index is 0.133. The lowest BCUT2D eigenvalue weighted by Crippen LogP contribution is -2.16. The SMILES string of the molecule is CCS(=O)Nc1cc(F)c(Oc2ccc(F)cc2F)c(-c2cn(C)c(=O)c3cn(C)nc23)c1. The number of aryl methyl sites for hydroxylation is 2. The number of ether oxygens (including phenoxy) is 1. The molecule has 0 aliphatic carbocycles. The van der Waals surface area contributed by atoms with Gasteiger partial charge in [-0.1, -0.05) is 6.92 Å². The van der Waals surface area contributed by atoms with E-state index < -0.39 is 34.2 Å². The Labute approximate surface area is 189 Å². The van der Waals surface area contributed by atoms with Crippen LogP contribution < -0.4 is 15.0 Å². The molecule has 0 saturated heterocycles. The molecule has 0 aliphatic rings. The molecule has 2 aromatic heterocycles. The molecule has 33 heavy (non-hydrogen) atoms. The second-order valence-electron chi connectivity index (χ2n) is 7.27. The molecule has 1 unspecified atom stereocenters. The van der Waals surface area contributed by atoms with Gasteiger partial charge in [0.15, 0.2) is 23.1 Å². The quantitative estimate of drug-likeness (QED) is 0.452. The first-order valence-corrected chi connectivity index (χ1v) is 11.1. The Balaban J connectivity index is 1.99. The molecule has 172 valence electrons. The highest BCUT2D eigenvalue weighted by Gasteiger charge is 2.22. The molecule has 1 N–H and O–H groups in total. The normalized spacial score (nSPS) is 12.2. The van der Waals surface area contributed by atoms with Gasteiger partial charge in [-0.3, -0.25) is 9.48 Å². The first-order chi connectivity index (χ1) is 15.7. The molecule has 4 aromatic rings. The zero-order chi connectivity index (χ0) is 23.9. The highest BCUT2D eigenvalue weighted by molar-refractivity contribution is 7.86. The molecule has 2 aromatic carbocycles. The van der Waals surface area contributed by atoms with Crippen LogP contribution in [0.3, 0.4) is 0 Å². The Kier molecular flexibility index (Phi) is 5.98. The third-order valence-electron chi connectivity index (χ3n) is 4.89. The fraction of sp³-hybridized carbons (Fsp3) is 0.182. The van der Waals surface area contributed by atoms with Gasteiger partial charge in [0, 0.05) is 55.5 Å². The van der Waals surface area contributed by atoms with Crippen molar-refractivity contribution in [2.45, 2.75) is 6.92 Å². The molecule has 0 bridgehead atoms. The van der Waals surface area contributed by atoms with Gasteiger partial charge in [0.1, 0.15) is 22.3 Å². The van der Waals surface area contributed by atoms with Crippen molar-refractivity contribution in [3.63, 3.8) is 0 Å². The van der Waals surface area contributed by atoms with Gasteiger partial charge in [0.2, 0.25) is 0 Å². The highest BCUT2D eigenvalue weighted by Crippen LogP contribution is 2.40.